The monoisotopic (exact) mass is 345 g/mol. The maximum atomic E-state index is 12.2. The lowest BCUT2D eigenvalue weighted by Gasteiger charge is -2.16. The molecule has 6 heteroatoms. The van der Waals surface area contributed by atoms with Gasteiger partial charge in [0, 0.05) is 10.7 Å². The van der Waals surface area contributed by atoms with Crippen LogP contribution in [-0.2, 0) is 4.79 Å². The van der Waals surface area contributed by atoms with Gasteiger partial charge in [0.15, 0.2) is 0 Å². The summed E-state index contributed by atoms with van der Waals surface area (Å²) in [6.45, 7) is 1.93. The molecule has 5 nitrogen and oxygen atoms in total. The number of benzene rings is 2. The van der Waals surface area contributed by atoms with E-state index >= 15 is 0 Å². The molecule has 1 atom stereocenters. The van der Waals surface area contributed by atoms with Gasteiger partial charge in [0.25, 0.3) is 5.91 Å². The van der Waals surface area contributed by atoms with Crippen molar-refractivity contribution in [3.63, 3.8) is 0 Å². The highest BCUT2D eigenvalue weighted by Crippen LogP contribution is 2.16. The Morgan fingerprint density at radius 2 is 2.04 bits per heavy atom. The van der Waals surface area contributed by atoms with Gasteiger partial charge in [-0.2, -0.15) is 5.10 Å². The van der Waals surface area contributed by atoms with Gasteiger partial charge in [-0.15, -0.1) is 0 Å². The molecule has 2 aromatic carbocycles. The Morgan fingerprint density at radius 3 is 2.67 bits per heavy atom. The third kappa shape index (κ3) is 5.28. The molecule has 0 saturated heterocycles. The summed E-state index contributed by atoms with van der Waals surface area (Å²) >= 11 is 5.90. The van der Waals surface area contributed by atoms with Crippen LogP contribution in [0.2, 0.25) is 5.02 Å². The maximum absolute atomic E-state index is 12.2. The number of hydrazone groups is 1. The Morgan fingerprint density at radius 1 is 1.29 bits per heavy atom. The average molecular weight is 346 g/mol. The third-order valence-corrected chi connectivity index (χ3v) is 3.63. The molecule has 1 unspecified atom stereocenters. The number of halogens is 1. The molecule has 24 heavy (non-hydrogen) atoms. The number of carbonyl (C=O) groups excluding carboxylic acids is 1. The lowest BCUT2D eigenvalue weighted by molar-refractivity contribution is -0.121. The van der Waals surface area contributed by atoms with E-state index in [9.17, 15) is 4.79 Å². The minimum atomic E-state index is -0.380. The van der Waals surface area contributed by atoms with Gasteiger partial charge in [0.2, 0.25) is 0 Å². The van der Waals surface area contributed by atoms with E-state index in [-0.39, 0.29) is 11.9 Å². The van der Waals surface area contributed by atoms with E-state index in [0.717, 1.165) is 17.0 Å². The quantitative estimate of drug-likeness (QED) is 0.594. The number of anilines is 1. The number of hydrogen-bond donors (Lipinski definition) is 2. The summed E-state index contributed by atoms with van der Waals surface area (Å²) < 4.78 is 5.12. The van der Waals surface area contributed by atoms with E-state index in [2.05, 4.69) is 15.8 Å². The molecule has 0 heterocycles. The number of ether oxygens (including phenoxy) is 1. The molecule has 0 aliphatic rings. The topological polar surface area (TPSA) is 62.7 Å². The predicted octanol–water partition coefficient (Wildman–Crippen LogP) is 3.69. The molecule has 2 rings (SSSR count). The standard InChI is InChI=1S/C18H20ClN3O2/c1-3-17(21-15-7-9-16(24-2)10-8-15)18(23)22-20-12-13-5-4-6-14(19)11-13/h4-12,17,21H,3H2,1-2H3,(H,22,23)/b20-12-. The second kappa shape index (κ2) is 8.93. The van der Waals surface area contributed by atoms with Crippen molar-refractivity contribution in [1.82, 2.24) is 5.43 Å². The summed E-state index contributed by atoms with van der Waals surface area (Å²) in [6.07, 6.45) is 2.19. The van der Waals surface area contributed by atoms with E-state index in [1.54, 1.807) is 25.5 Å². The first-order valence-corrected chi connectivity index (χ1v) is 7.99. The van der Waals surface area contributed by atoms with Crippen LogP contribution in [0.3, 0.4) is 0 Å². The fourth-order valence-corrected chi connectivity index (χ4v) is 2.28. The molecule has 0 aliphatic heterocycles. The van der Waals surface area contributed by atoms with E-state index in [4.69, 9.17) is 16.3 Å². The van der Waals surface area contributed by atoms with Crippen molar-refractivity contribution >= 4 is 29.4 Å². The highest BCUT2D eigenvalue weighted by molar-refractivity contribution is 6.30. The summed E-state index contributed by atoms with van der Waals surface area (Å²) in [4.78, 5) is 12.2. The molecule has 0 saturated carbocycles. The van der Waals surface area contributed by atoms with Crippen LogP contribution in [-0.4, -0.2) is 25.3 Å². The zero-order chi connectivity index (χ0) is 17.4. The number of carbonyl (C=O) groups is 1. The van der Waals surface area contributed by atoms with E-state index in [1.807, 2.05) is 43.3 Å². The molecule has 0 radical (unpaired) electrons. The minimum absolute atomic E-state index is 0.202. The van der Waals surface area contributed by atoms with Crippen molar-refractivity contribution < 1.29 is 9.53 Å². The van der Waals surface area contributed by atoms with Crippen molar-refractivity contribution in [3.8, 4) is 5.75 Å². The van der Waals surface area contributed by atoms with Gasteiger partial charge in [-0.3, -0.25) is 4.79 Å². The van der Waals surface area contributed by atoms with Crippen molar-refractivity contribution in [2.24, 2.45) is 5.10 Å². The van der Waals surface area contributed by atoms with Crippen LogP contribution in [0.1, 0.15) is 18.9 Å². The molecule has 0 spiro atoms. The zero-order valence-electron chi connectivity index (χ0n) is 13.6. The summed E-state index contributed by atoms with van der Waals surface area (Å²) in [5.41, 5.74) is 4.21. The van der Waals surface area contributed by atoms with Crippen LogP contribution >= 0.6 is 11.6 Å². The summed E-state index contributed by atoms with van der Waals surface area (Å²) in [6, 6.07) is 14.3. The van der Waals surface area contributed by atoms with Gasteiger partial charge in [-0.05, 0) is 48.4 Å². The van der Waals surface area contributed by atoms with Gasteiger partial charge in [0.1, 0.15) is 11.8 Å². The zero-order valence-corrected chi connectivity index (χ0v) is 14.4. The Balaban J connectivity index is 1.93. The van der Waals surface area contributed by atoms with Gasteiger partial charge < -0.3 is 10.1 Å². The van der Waals surface area contributed by atoms with Gasteiger partial charge in [-0.25, -0.2) is 5.43 Å². The first kappa shape index (κ1) is 17.8. The lowest BCUT2D eigenvalue weighted by Crippen LogP contribution is -2.36. The molecule has 0 bridgehead atoms. The number of amides is 1. The Hall–Kier alpha value is -2.53. The molecule has 126 valence electrons. The fraction of sp³-hybridized carbons (Fsp3) is 0.222. The Bertz CT molecular complexity index is 702. The Kier molecular flexibility index (Phi) is 6.63. The summed E-state index contributed by atoms with van der Waals surface area (Å²) in [5, 5.41) is 7.78. The molecular weight excluding hydrogens is 326 g/mol. The fourth-order valence-electron chi connectivity index (χ4n) is 2.08. The first-order chi connectivity index (χ1) is 11.6. The molecule has 2 N–H and O–H groups in total. The predicted molar refractivity (Wildman–Crippen MR) is 97.9 cm³/mol. The number of rotatable bonds is 7. The van der Waals surface area contributed by atoms with E-state index < -0.39 is 0 Å². The van der Waals surface area contributed by atoms with E-state index in [1.165, 1.54) is 0 Å². The highest BCUT2D eigenvalue weighted by atomic mass is 35.5. The lowest BCUT2D eigenvalue weighted by atomic mass is 10.2. The minimum Gasteiger partial charge on any atom is -0.497 e. The number of nitrogens with one attached hydrogen (secondary N) is 2. The van der Waals surface area contributed by atoms with E-state index in [0.29, 0.717) is 11.4 Å². The molecule has 2 aromatic rings. The number of hydrogen-bond acceptors (Lipinski definition) is 4. The highest BCUT2D eigenvalue weighted by Gasteiger charge is 2.15. The number of methoxy groups -OCH3 is 1. The van der Waals surface area contributed by atoms with Gasteiger partial charge in [0.05, 0.1) is 13.3 Å². The largest absolute Gasteiger partial charge is 0.497 e. The van der Waals surface area contributed by atoms with Crippen LogP contribution in [0, 0.1) is 0 Å². The normalized spacial score (nSPS) is 12.0. The van der Waals surface area contributed by atoms with Crippen LogP contribution in [0.4, 0.5) is 5.69 Å². The van der Waals surface area contributed by atoms with Crippen molar-refractivity contribution in [2.75, 3.05) is 12.4 Å². The van der Waals surface area contributed by atoms with Gasteiger partial charge in [-0.1, -0.05) is 30.7 Å². The molecule has 0 fully saturated rings. The van der Waals surface area contributed by atoms with Crippen LogP contribution in [0.25, 0.3) is 0 Å². The molecule has 0 aromatic heterocycles. The maximum Gasteiger partial charge on any atom is 0.262 e. The van der Waals surface area contributed by atoms with Crippen LogP contribution in [0.15, 0.2) is 53.6 Å². The van der Waals surface area contributed by atoms with Crippen molar-refractivity contribution in [1.29, 1.82) is 0 Å². The smallest absolute Gasteiger partial charge is 0.262 e. The summed E-state index contributed by atoms with van der Waals surface area (Å²) in [7, 11) is 1.61. The summed E-state index contributed by atoms with van der Waals surface area (Å²) in [5.74, 6) is 0.566. The average Bonchev–Trinajstić information content (AvgIpc) is 2.60. The van der Waals surface area contributed by atoms with Crippen molar-refractivity contribution in [2.45, 2.75) is 19.4 Å². The molecule has 1 amide bonds. The first-order valence-electron chi connectivity index (χ1n) is 7.61. The Labute approximate surface area is 146 Å². The molecule has 0 aliphatic carbocycles. The van der Waals surface area contributed by atoms with Crippen LogP contribution in [0.5, 0.6) is 5.75 Å². The van der Waals surface area contributed by atoms with Gasteiger partial charge >= 0.3 is 0 Å². The number of nitrogens with zero attached hydrogens (tertiary/aromatic N) is 1. The SMILES string of the molecule is CCC(Nc1ccc(OC)cc1)C(=O)N/N=C\c1cccc(Cl)c1. The second-order valence-corrected chi connectivity index (χ2v) is 5.56. The van der Waals surface area contributed by atoms with Crippen LogP contribution < -0.4 is 15.5 Å². The third-order valence-electron chi connectivity index (χ3n) is 3.39. The molecular formula is C18H20ClN3O2. The van der Waals surface area contributed by atoms with Crippen molar-refractivity contribution in [3.05, 3.63) is 59.1 Å². The second-order valence-electron chi connectivity index (χ2n) is 5.12.